The topological polar surface area (TPSA) is 26.3 Å². The molecule has 0 N–H and O–H groups in total. The predicted octanol–water partition coefficient (Wildman–Crippen LogP) is 8.35. The molecule has 2 nitrogen and oxygen atoms in total. The summed E-state index contributed by atoms with van der Waals surface area (Å²) in [4.78, 5) is 11.9. The van der Waals surface area contributed by atoms with E-state index in [9.17, 15) is 4.79 Å². The standard InChI is InChI=1S/C30H50O2/c1-7-28(31)32-23-15-17-29(5)22(19-23)11-12-24-26-14-13-25(21(4)10-8-9-20(2)3)30(26,6)18-16-27(24)29/h11,20-21,23-27H,7-10,12-19H2,1-6H3/t21-,23+,24+,25-,26+,27-,29+,30-/m1/s1. The Kier molecular flexibility index (Phi) is 7.19. The zero-order valence-corrected chi connectivity index (χ0v) is 21.9. The molecule has 0 spiro atoms. The Bertz CT molecular complexity index is 708. The molecule has 8 atom stereocenters. The van der Waals surface area contributed by atoms with Crippen molar-refractivity contribution in [1.29, 1.82) is 0 Å². The van der Waals surface area contributed by atoms with Crippen LogP contribution >= 0.6 is 0 Å². The Hall–Kier alpha value is -0.790. The van der Waals surface area contributed by atoms with Crippen molar-refractivity contribution >= 4 is 5.97 Å². The maximum Gasteiger partial charge on any atom is 0.305 e. The van der Waals surface area contributed by atoms with Gasteiger partial charge in [-0.25, -0.2) is 0 Å². The van der Waals surface area contributed by atoms with Crippen molar-refractivity contribution in [1.82, 2.24) is 0 Å². The third kappa shape index (κ3) is 4.34. The minimum atomic E-state index is -0.0270. The molecule has 0 aromatic carbocycles. The highest BCUT2D eigenvalue weighted by atomic mass is 16.5. The molecule has 182 valence electrons. The van der Waals surface area contributed by atoms with E-state index in [1.165, 1.54) is 57.8 Å². The second kappa shape index (κ2) is 9.46. The zero-order chi connectivity index (χ0) is 23.1. The zero-order valence-electron chi connectivity index (χ0n) is 21.9. The molecule has 32 heavy (non-hydrogen) atoms. The molecule has 0 radical (unpaired) electrons. The highest BCUT2D eigenvalue weighted by Crippen LogP contribution is 2.67. The Labute approximate surface area is 198 Å². The first kappa shape index (κ1) is 24.3. The molecule has 3 saturated carbocycles. The molecule has 0 saturated heterocycles. The van der Waals surface area contributed by atoms with Crippen molar-refractivity contribution in [2.45, 2.75) is 125 Å². The fourth-order valence-corrected chi connectivity index (χ4v) is 9.02. The molecule has 4 aliphatic carbocycles. The number of esters is 1. The van der Waals surface area contributed by atoms with Gasteiger partial charge in [0.25, 0.3) is 0 Å². The van der Waals surface area contributed by atoms with E-state index in [1.807, 2.05) is 6.92 Å². The lowest BCUT2D eigenvalue weighted by Crippen LogP contribution is -2.51. The summed E-state index contributed by atoms with van der Waals surface area (Å²) in [5, 5.41) is 0. The van der Waals surface area contributed by atoms with Crippen LogP contribution in [-0.4, -0.2) is 12.1 Å². The predicted molar refractivity (Wildman–Crippen MR) is 133 cm³/mol. The molecule has 2 heteroatoms. The summed E-state index contributed by atoms with van der Waals surface area (Å²) < 4.78 is 5.76. The summed E-state index contributed by atoms with van der Waals surface area (Å²) in [5.74, 6) is 5.28. The summed E-state index contributed by atoms with van der Waals surface area (Å²) in [5.41, 5.74) is 2.54. The van der Waals surface area contributed by atoms with Crippen molar-refractivity contribution in [2.75, 3.05) is 0 Å². The first-order valence-corrected chi connectivity index (χ1v) is 14.1. The van der Waals surface area contributed by atoms with Gasteiger partial charge in [0.2, 0.25) is 0 Å². The molecule has 0 heterocycles. The fourth-order valence-electron chi connectivity index (χ4n) is 9.02. The molecule has 0 bridgehead atoms. The van der Waals surface area contributed by atoms with Crippen LogP contribution in [0.3, 0.4) is 0 Å². The van der Waals surface area contributed by atoms with E-state index in [4.69, 9.17) is 4.74 Å². The summed E-state index contributed by atoms with van der Waals surface area (Å²) in [6, 6.07) is 0. The number of fused-ring (bicyclic) bond motifs is 5. The largest absolute Gasteiger partial charge is 0.462 e. The number of rotatable bonds is 7. The van der Waals surface area contributed by atoms with E-state index in [2.05, 4.69) is 40.7 Å². The van der Waals surface area contributed by atoms with Gasteiger partial charge in [-0.3, -0.25) is 4.79 Å². The van der Waals surface area contributed by atoms with Crippen LogP contribution in [0, 0.1) is 46.3 Å². The van der Waals surface area contributed by atoms with Crippen LogP contribution < -0.4 is 0 Å². The number of allylic oxidation sites excluding steroid dienone is 1. The van der Waals surface area contributed by atoms with Crippen LogP contribution in [0.1, 0.15) is 119 Å². The average molecular weight is 443 g/mol. The molecule has 0 aliphatic heterocycles. The third-order valence-corrected chi connectivity index (χ3v) is 10.8. The second-order valence-electron chi connectivity index (χ2n) is 13.0. The monoisotopic (exact) mass is 442 g/mol. The van der Waals surface area contributed by atoms with Crippen molar-refractivity contribution in [2.24, 2.45) is 46.3 Å². The van der Waals surface area contributed by atoms with Crippen molar-refractivity contribution in [3.05, 3.63) is 11.6 Å². The summed E-state index contributed by atoms with van der Waals surface area (Å²) >= 11 is 0. The van der Waals surface area contributed by atoms with Gasteiger partial charge in [0, 0.05) is 12.8 Å². The lowest BCUT2D eigenvalue weighted by Gasteiger charge is -2.58. The van der Waals surface area contributed by atoms with Crippen molar-refractivity contribution in [3.63, 3.8) is 0 Å². The Morgan fingerprint density at radius 1 is 1.06 bits per heavy atom. The number of carbonyl (C=O) groups is 1. The van der Waals surface area contributed by atoms with Crippen LogP contribution in [0.15, 0.2) is 11.6 Å². The van der Waals surface area contributed by atoms with Gasteiger partial charge >= 0.3 is 5.97 Å². The van der Waals surface area contributed by atoms with Gasteiger partial charge in [0.05, 0.1) is 0 Å². The first-order valence-electron chi connectivity index (χ1n) is 14.1. The number of hydrogen-bond donors (Lipinski definition) is 0. The van der Waals surface area contributed by atoms with Gasteiger partial charge in [-0.1, -0.05) is 72.5 Å². The summed E-state index contributed by atoms with van der Waals surface area (Å²) in [7, 11) is 0. The molecule has 0 amide bonds. The third-order valence-electron chi connectivity index (χ3n) is 10.8. The number of hydrogen-bond acceptors (Lipinski definition) is 2. The molecular weight excluding hydrogens is 392 g/mol. The van der Waals surface area contributed by atoms with E-state index in [0.29, 0.717) is 17.3 Å². The van der Waals surface area contributed by atoms with Crippen LogP contribution in [0.5, 0.6) is 0 Å². The van der Waals surface area contributed by atoms with Gasteiger partial charge in [-0.2, -0.15) is 0 Å². The molecule has 4 aliphatic rings. The quantitative estimate of drug-likeness (QED) is 0.292. The summed E-state index contributed by atoms with van der Waals surface area (Å²) in [6.07, 6.45) is 17.8. The average Bonchev–Trinajstić information content (AvgIpc) is 3.11. The molecule has 0 unspecified atom stereocenters. The second-order valence-corrected chi connectivity index (χ2v) is 13.0. The van der Waals surface area contributed by atoms with Gasteiger partial charge < -0.3 is 4.74 Å². The minimum Gasteiger partial charge on any atom is -0.462 e. The SMILES string of the molecule is CCC(=O)O[C@H]1CC[C@@]2(C)C(=CC[C@@H]3[C@H]2CC[C@]2(C)[C@@H]([C@H](C)CCCC(C)C)CC[C@@H]32)C1. The van der Waals surface area contributed by atoms with Gasteiger partial charge in [0.15, 0.2) is 0 Å². The Morgan fingerprint density at radius 3 is 2.56 bits per heavy atom. The molecule has 0 aromatic rings. The van der Waals surface area contributed by atoms with Gasteiger partial charge in [0.1, 0.15) is 6.10 Å². The normalized spacial score (nSPS) is 42.0. The highest BCUT2D eigenvalue weighted by Gasteiger charge is 2.59. The lowest BCUT2D eigenvalue weighted by atomic mass is 9.47. The lowest BCUT2D eigenvalue weighted by molar-refractivity contribution is -0.151. The van der Waals surface area contributed by atoms with Crippen LogP contribution in [0.25, 0.3) is 0 Å². The highest BCUT2D eigenvalue weighted by molar-refractivity contribution is 5.69. The molecule has 4 rings (SSSR count). The van der Waals surface area contributed by atoms with Crippen LogP contribution in [0.4, 0.5) is 0 Å². The number of carbonyl (C=O) groups excluding carboxylic acids is 1. The molecular formula is C30H50O2. The fraction of sp³-hybridized carbons (Fsp3) is 0.900. The van der Waals surface area contributed by atoms with E-state index in [-0.39, 0.29) is 12.1 Å². The van der Waals surface area contributed by atoms with Crippen molar-refractivity contribution in [3.8, 4) is 0 Å². The van der Waals surface area contributed by atoms with E-state index >= 15 is 0 Å². The van der Waals surface area contributed by atoms with Gasteiger partial charge in [-0.15, -0.1) is 0 Å². The summed E-state index contributed by atoms with van der Waals surface area (Å²) in [6.45, 7) is 14.5. The maximum atomic E-state index is 11.9. The molecule has 3 fully saturated rings. The van der Waals surface area contributed by atoms with E-state index in [0.717, 1.165) is 48.3 Å². The smallest absolute Gasteiger partial charge is 0.305 e. The molecule has 0 aromatic heterocycles. The Balaban J connectivity index is 1.45. The maximum absolute atomic E-state index is 11.9. The van der Waals surface area contributed by atoms with E-state index in [1.54, 1.807) is 5.57 Å². The van der Waals surface area contributed by atoms with Crippen LogP contribution in [-0.2, 0) is 9.53 Å². The van der Waals surface area contributed by atoms with E-state index < -0.39 is 0 Å². The van der Waals surface area contributed by atoms with Crippen molar-refractivity contribution < 1.29 is 9.53 Å². The van der Waals surface area contributed by atoms with Crippen LogP contribution in [0.2, 0.25) is 0 Å². The first-order chi connectivity index (χ1) is 15.2. The van der Waals surface area contributed by atoms with Gasteiger partial charge in [-0.05, 0) is 91.3 Å². The number of ether oxygens (including phenoxy) is 1. The minimum absolute atomic E-state index is 0.0270. The Morgan fingerprint density at radius 2 is 1.84 bits per heavy atom.